The molecule has 0 aliphatic carbocycles. The van der Waals surface area contributed by atoms with Crippen molar-refractivity contribution in [3.05, 3.63) is 180 Å². The Balaban J connectivity index is 0.000000775. The lowest BCUT2D eigenvalue weighted by molar-refractivity contribution is -2.00. The van der Waals surface area contributed by atoms with Crippen molar-refractivity contribution in [2.45, 2.75) is 13.8 Å². The van der Waals surface area contributed by atoms with Gasteiger partial charge in [0, 0.05) is 11.1 Å². The lowest BCUT2D eigenvalue weighted by Gasteiger charge is -2.20. The van der Waals surface area contributed by atoms with E-state index in [9.17, 15) is 0 Å². The first-order valence-electron chi connectivity index (χ1n) is 14.5. The summed E-state index contributed by atoms with van der Waals surface area (Å²) in [6, 6.07) is 45.3. The van der Waals surface area contributed by atoms with Gasteiger partial charge in [-0.05, 0) is 72.5 Å². The van der Waals surface area contributed by atoms with Gasteiger partial charge in [0.25, 0.3) is 0 Å². The van der Waals surface area contributed by atoms with Crippen LogP contribution in [0.1, 0.15) is 30.5 Å². The van der Waals surface area contributed by atoms with E-state index >= 15 is 0 Å². The first-order valence-corrected chi connectivity index (χ1v) is 15.7. The number of halogens is 1. The fourth-order valence-electron chi connectivity index (χ4n) is 4.93. The fourth-order valence-corrected chi connectivity index (χ4v) is 4.93. The highest BCUT2D eigenvalue weighted by atomic mass is 35.7. The second-order valence-corrected chi connectivity index (χ2v) is 11.3. The molecule has 0 saturated heterocycles. The van der Waals surface area contributed by atoms with Gasteiger partial charge in [0.15, 0.2) is 0 Å². The van der Waals surface area contributed by atoms with Gasteiger partial charge in [-0.2, -0.15) is 0 Å². The lowest BCUT2D eigenvalue weighted by atomic mass is 9.97. The molecule has 0 saturated carbocycles. The smallest absolute Gasteiger partial charge is 0.361 e. The van der Waals surface area contributed by atoms with Crippen molar-refractivity contribution in [1.29, 1.82) is 0 Å². The Morgan fingerprint density at radius 3 is 1.28 bits per heavy atom. The number of ether oxygens (including phenoxy) is 1. The van der Waals surface area contributed by atoms with Gasteiger partial charge in [-0.25, -0.2) is 23.1 Å². The number of hydrogen-bond acceptors (Lipinski definition) is 5. The summed E-state index contributed by atoms with van der Waals surface area (Å²) >= 11 is 0. The average molecular weight is 631 g/mol. The monoisotopic (exact) mass is 630 g/mol. The summed E-state index contributed by atoms with van der Waals surface area (Å²) in [7, 11) is -4.94. The summed E-state index contributed by atoms with van der Waals surface area (Å²) in [5.41, 5.74) is 8.71. The van der Waals surface area contributed by atoms with Gasteiger partial charge in [-0.1, -0.05) is 103 Å². The Morgan fingerprint density at radius 1 is 0.565 bits per heavy atom. The van der Waals surface area contributed by atoms with Gasteiger partial charge in [0.05, 0.1) is 23.3 Å². The van der Waals surface area contributed by atoms with Crippen LogP contribution in [0, 0.1) is 10.2 Å². The average Bonchev–Trinajstić information content (AvgIpc) is 3.08. The molecule has 2 heterocycles. The second-order valence-electron chi connectivity index (χ2n) is 10.5. The molecule has 6 rings (SSSR count). The summed E-state index contributed by atoms with van der Waals surface area (Å²) in [5.74, 6) is 3.35. The third kappa shape index (κ3) is 8.99. The zero-order valence-corrected chi connectivity index (χ0v) is 26.0. The van der Waals surface area contributed by atoms with E-state index in [-0.39, 0.29) is 0 Å². The maximum atomic E-state index is 8.49. The van der Waals surface area contributed by atoms with Gasteiger partial charge in [-0.3, -0.25) is 0 Å². The molecule has 1 aliphatic rings. The van der Waals surface area contributed by atoms with Crippen LogP contribution in [0.3, 0.4) is 0 Å². The van der Waals surface area contributed by atoms with E-state index in [0.717, 1.165) is 67.6 Å². The minimum atomic E-state index is -4.94. The van der Waals surface area contributed by atoms with Crippen LogP contribution < -0.4 is 18.6 Å². The maximum Gasteiger partial charge on any atom is 0.361 e. The number of benzene rings is 4. The molecule has 46 heavy (non-hydrogen) atoms. The van der Waals surface area contributed by atoms with Crippen LogP contribution in [-0.4, -0.2) is 0 Å². The van der Waals surface area contributed by atoms with Gasteiger partial charge in [0.1, 0.15) is 11.5 Å². The zero-order valence-electron chi connectivity index (χ0n) is 25.3. The highest BCUT2D eigenvalue weighted by Crippen LogP contribution is 2.35. The first kappa shape index (κ1) is 32.3. The Hall–Kier alpha value is -5.08. The largest absolute Gasteiger partial charge is 0.456 e. The molecular weight excluding hydrogens is 600 g/mol. The van der Waals surface area contributed by atoms with Crippen LogP contribution in [-0.2, 0) is 4.74 Å². The van der Waals surface area contributed by atoms with E-state index < -0.39 is 10.2 Å². The van der Waals surface area contributed by atoms with Crippen LogP contribution in [0.2, 0.25) is 0 Å². The van der Waals surface area contributed by atoms with Gasteiger partial charge in [0.2, 0.25) is 0 Å². The van der Waals surface area contributed by atoms with Crippen molar-refractivity contribution in [3.8, 4) is 22.6 Å². The predicted molar refractivity (Wildman–Crippen MR) is 170 cm³/mol. The Bertz CT molecular complexity index is 1770. The van der Waals surface area contributed by atoms with Crippen LogP contribution in [0.15, 0.2) is 167 Å². The van der Waals surface area contributed by atoms with Crippen molar-refractivity contribution < 1.29 is 38.0 Å². The summed E-state index contributed by atoms with van der Waals surface area (Å²) in [5, 5.41) is 0. The van der Waals surface area contributed by atoms with Crippen molar-refractivity contribution in [2.75, 3.05) is 0 Å². The van der Waals surface area contributed by atoms with Gasteiger partial charge >= 0.3 is 11.5 Å². The van der Waals surface area contributed by atoms with Crippen molar-refractivity contribution >= 4 is 17.1 Å². The highest BCUT2D eigenvalue weighted by molar-refractivity contribution is 5.80. The number of allylic oxidation sites excluding steroid dienone is 6. The molecule has 0 atom stereocenters. The van der Waals surface area contributed by atoms with Crippen molar-refractivity contribution in [1.82, 2.24) is 0 Å². The zero-order chi connectivity index (χ0) is 32.5. The topological polar surface area (TPSA) is 113 Å². The van der Waals surface area contributed by atoms with E-state index in [4.69, 9.17) is 27.8 Å². The molecule has 1 aliphatic heterocycles. The van der Waals surface area contributed by atoms with E-state index in [2.05, 4.69) is 92.7 Å². The SMILES string of the molecule is CC(/C=C(\C)c1cc(-c2ccccc2)[o+]c(-c2ccccc2)c1)=C1C=C(c2ccccc2)OC(c2ccccc2)=C1.[O-][Cl+3]([O-])([O-])[O-]. The molecule has 0 bridgehead atoms. The number of rotatable bonds is 6. The third-order valence-electron chi connectivity index (χ3n) is 7.16. The molecule has 0 spiro atoms. The fraction of sp³-hybridized carbons (Fsp3) is 0.0513. The van der Waals surface area contributed by atoms with Crippen LogP contribution in [0.4, 0.5) is 0 Å². The molecule has 0 fully saturated rings. The predicted octanol–water partition coefficient (Wildman–Crippen LogP) is 5.97. The standard InChI is InChI=1S/C39H31O2.ClHO4/c1-28(34-24-36(30-15-7-3-8-16-30)40-37(25-34)31-17-9-4-10-18-31)23-29(2)35-26-38(32-19-11-5-12-20-32)41-39(27-35)33-21-13-6-14-22-33;2-1(3,4)5/h3-27H,1-2H3;(H,2,3,4,5)/q+1;/p-1. The molecule has 0 radical (unpaired) electrons. The summed E-state index contributed by atoms with van der Waals surface area (Å²) in [6.45, 7) is 4.32. The Kier molecular flexibility index (Phi) is 10.4. The molecular formula is C39H31ClO6. The molecule has 6 nitrogen and oxygen atoms in total. The molecule has 1 aromatic heterocycles. The molecule has 5 aromatic rings. The van der Waals surface area contributed by atoms with Gasteiger partial charge in [-0.15, -0.1) is 10.2 Å². The minimum Gasteiger partial charge on any atom is -0.456 e. The highest BCUT2D eigenvalue weighted by Gasteiger charge is 2.21. The van der Waals surface area contributed by atoms with Crippen molar-refractivity contribution in [2.24, 2.45) is 0 Å². The third-order valence-corrected chi connectivity index (χ3v) is 7.16. The summed E-state index contributed by atoms with van der Waals surface area (Å²) < 4.78 is 46.8. The Morgan fingerprint density at radius 2 is 0.913 bits per heavy atom. The van der Waals surface area contributed by atoms with E-state index in [1.54, 1.807) is 0 Å². The van der Waals surface area contributed by atoms with Crippen LogP contribution >= 0.6 is 0 Å². The van der Waals surface area contributed by atoms with E-state index in [0.29, 0.717) is 0 Å². The van der Waals surface area contributed by atoms with Crippen molar-refractivity contribution in [3.63, 3.8) is 0 Å². The molecule has 7 heteroatoms. The first-order chi connectivity index (χ1) is 22.1. The molecule has 230 valence electrons. The van der Waals surface area contributed by atoms with Crippen LogP contribution in [0.25, 0.3) is 39.7 Å². The van der Waals surface area contributed by atoms with E-state index in [1.807, 2.05) is 72.8 Å². The lowest BCUT2D eigenvalue weighted by Crippen LogP contribution is -2.68. The minimum absolute atomic E-state index is 0.837. The van der Waals surface area contributed by atoms with E-state index in [1.165, 1.54) is 0 Å². The molecule has 0 unspecified atom stereocenters. The number of hydrogen-bond donors (Lipinski definition) is 0. The molecule has 0 N–H and O–H groups in total. The summed E-state index contributed by atoms with van der Waals surface area (Å²) in [6.07, 6.45) is 6.51. The second kappa shape index (κ2) is 14.8. The molecule has 4 aromatic carbocycles. The molecule has 0 amide bonds. The Labute approximate surface area is 270 Å². The normalized spacial score (nSPS) is 13.1. The summed E-state index contributed by atoms with van der Waals surface area (Å²) in [4.78, 5) is 0. The maximum absolute atomic E-state index is 8.49. The van der Waals surface area contributed by atoms with Crippen LogP contribution in [0.5, 0.6) is 0 Å². The van der Waals surface area contributed by atoms with Gasteiger partial charge < -0.3 is 4.74 Å². The quantitative estimate of drug-likeness (QED) is 0.214.